The maximum absolute atomic E-state index is 10.9. The van der Waals surface area contributed by atoms with Gasteiger partial charge in [0.25, 0.3) is 0 Å². The first kappa shape index (κ1) is 37.0. The van der Waals surface area contributed by atoms with Crippen molar-refractivity contribution in [1.29, 1.82) is 0 Å². The average molecular weight is 676 g/mol. The van der Waals surface area contributed by atoms with Crippen molar-refractivity contribution in [2.45, 2.75) is 24.9 Å². The van der Waals surface area contributed by atoms with Crippen LogP contribution in [0.25, 0.3) is 0 Å². The van der Waals surface area contributed by atoms with Gasteiger partial charge < -0.3 is 69.2 Å². The zero-order valence-corrected chi connectivity index (χ0v) is 26.7. The van der Waals surface area contributed by atoms with E-state index < -0.39 is 35.6 Å². The Morgan fingerprint density at radius 1 is 0.604 bits per heavy atom. The van der Waals surface area contributed by atoms with E-state index in [-0.39, 0.29) is 48.2 Å². The molecule has 0 aromatic heterocycles. The van der Waals surface area contributed by atoms with Gasteiger partial charge >= 0.3 is 0 Å². The molecular formula is C34H45NO13. The van der Waals surface area contributed by atoms with Gasteiger partial charge in [-0.25, -0.2) is 0 Å². The van der Waals surface area contributed by atoms with Gasteiger partial charge in [-0.05, 0) is 17.7 Å². The zero-order chi connectivity index (χ0) is 34.1. The van der Waals surface area contributed by atoms with E-state index in [4.69, 9.17) is 43.6 Å². The first-order valence-corrected chi connectivity index (χ1v) is 15.7. The van der Waals surface area contributed by atoms with Crippen molar-refractivity contribution in [3.05, 3.63) is 71.3 Å². The van der Waals surface area contributed by atoms with Crippen LogP contribution in [0, 0.1) is 0 Å². The normalized spacial score (nSPS) is 17.2. The van der Waals surface area contributed by atoms with Crippen LogP contribution in [0.4, 0.5) is 0 Å². The Hall–Kier alpha value is -3.86. The van der Waals surface area contributed by atoms with Gasteiger partial charge in [0.2, 0.25) is 0 Å². The Morgan fingerprint density at radius 2 is 1.15 bits per heavy atom. The molecule has 1 aliphatic heterocycles. The third kappa shape index (κ3) is 11.1. The first-order chi connectivity index (χ1) is 23.4. The summed E-state index contributed by atoms with van der Waals surface area (Å²) in [5.41, 5.74) is 6.73. The highest BCUT2D eigenvalue weighted by atomic mass is 16.6. The molecule has 0 saturated carbocycles. The van der Waals surface area contributed by atoms with Crippen LogP contribution >= 0.6 is 0 Å². The molecule has 0 saturated heterocycles. The highest BCUT2D eigenvalue weighted by Crippen LogP contribution is 2.51. The van der Waals surface area contributed by atoms with Gasteiger partial charge in [0.1, 0.15) is 29.5 Å². The minimum atomic E-state index is -0.997. The average Bonchev–Trinajstić information content (AvgIpc) is 3.07. The molecule has 3 unspecified atom stereocenters. The van der Waals surface area contributed by atoms with E-state index in [2.05, 4.69) is 0 Å². The van der Waals surface area contributed by atoms with E-state index in [1.807, 2.05) is 30.3 Å². The Balaban J connectivity index is 1.31. The minimum absolute atomic E-state index is 0.0921. The molecule has 0 radical (unpaired) electrons. The maximum Gasteiger partial charge on any atom is 0.200 e. The zero-order valence-electron chi connectivity index (χ0n) is 26.7. The standard InChI is InChI=1S/C34H45NO13/c35-6-7-41-8-9-42-10-11-43-12-13-44-14-15-45-16-17-46-33-30-26(37)20-25(36)21-29(30)48-32(24-18-27(38)31(40)28(39)19-24)34(33)47-22-23-4-2-1-3-5-23/h1-5,18-21,32-34,36-40H,6-17,22,35H2. The molecule has 3 aromatic carbocycles. The summed E-state index contributed by atoms with van der Waals surface area (Å²) in [6.07, 6.45) is -2.85. The van der Waals surface area contributed by atoms with Gasteiger partial charge in [0.05, 0.1) is 84.8 Å². The maximum atomic E-state index is 10.9. The largest absolute Gasteiger partial charge is 0.508 e. The van der Waals surface area contributed by atoms with E-state index >= 15 is 0 Å². The molecule has 0 bridgehead atoms. The molecule has 14 nitrogen and oxygen atoms in total. The van der Waals surface area contributed by atoms with Gasteiger partial charge in [-0.3, -0.25) is 0 Å². The first-order valence-electron chi connectivity index (χ1n) is 15.7. The topological polar surface area (TPSA) is 201 Å². The second kappa shape index (κ2) is 19.8. The van der Waals surface area contributed by atoms with Crippen LogP contribution in [0.1, 0.15) is 28.9 Å². The summed E-state index contributed by atoms with van der Waals surface area (Å²) in [4.78, 5) is 0. The van der Waals surface area contributed by atoms with Crippen molar-refractivity contribution in [3.63, 3.8) is 0 Å². The predicted molar refractivity (Wildman–Crippen MR) is 171 cm³/mol. The van der Waals surface area contributed by atoms with Crippen LogP contribution in [-0.4, -0.2) is 111 Å². The summed E-state index contributed by atoms with van der Waals surface area (Å²) in [6, 6.07) is 14.4. The number of phenolic OH excluding ortho intramolecular Hbond substituents is 5. The molecule has 3 atom stereocenters. The summed E-state index contributed by atoms with van der Waals surface area (Å²) in [7, 11) is 0. The number of nitrogens with two attached hydrogens (primary N) is 1. The van der Waals surface area contributed by atoms with Crippen molar-refractivity contribution in [2.75, 3.05) is 79.2 Å². The van der Waals surface area contributed by atoms with E-state index in [0.29, 0.717) is 66.0 Å². The lowest BCUT2D eigenvalue weighted by Gasteiger charge is -2.39. The molecule has 0 fully saturated rings. The van der Waals surface area contributed by atoms with Crippen molar-refractivity contribution < 1.29 is 63.4 Å². The Morgan fingerprint density at radius 3 is 1.71 bits per heavy atom. The Labute approximate surface area is 279 Å². The number of fused-ring (bicyclic) bond motifs is 1. The van der Waals surface area contributed by atoms with Crippen molar-refractivity contribution in [1.82, 2.24) is 0 Å². The van der Waals surface area contributed by atoms with Crippen LogP contribution in [0.5, 0.6) is 34.5 Å². The molecule has 264 valence electrons. The SMILES string of the molecule is NCCOCCOCCOCCOCCOCCOC1c2c(O)cc(O)cc2OC(c2cc(O)c(O)c(O)c2)C1OCc1ccccc1. The molecule has 1 heterocycles. The van der Waals surface area contributed by atoms with Crippen LogP contribution in [0.15, 0.2) is 54.6 Å². The van der Waals surface area contributed by atoms with Gasteiger partial charge in [-0.1, -0.05) is 30.3 Å². The van der Waals surface area contributed by atoms with Crippen LogP contribution in [-0.2, 0) is 39.8 Å². The number of rotatable bonds is 22. The van der Waals surface area contributed by atoms with Crippen LogP contribution in [0.3, 0.4) is 0 Å². The van der Waals surface area contributed by atoms with Gasteiger partial charge in [-0.15, -0.1) is 0 Å². The molecular weight excluding hydrogens is 630 g/mol. The number of hydrogen-bond donors (Lipinski definition) is 6. The summed E-state index contributed by atoms with van der Waals surface area (Å²) in [5, 5.41) is 51.5. The molecule has 3 aromatic rings. The van der Waals surface area contributed by atoms with Crippen molar-refractivity contribution in [3.8, 4) is 34.5 Å². The molecule has 14 heteroatoms. The fourth-order valence-electron chi connectivity index (χ4n) is 4.97. The minimum Gasteiger partial charge on any atom is -0.508 e. The molecule has 0 spiro atoms. The summed E-state index contributed by atoms with van der Waals surface area (Å²) in [6.45, 7) is 4.79. The highest BCUT2D eigenvalue weighted by molar-refractivity contribution is 5.55. The fraction of sp³-hybridized carbons (Fsp3) is 0.471. The smallest absolute Gasteiger partial charge is 0.200 e. The molecule has 0 aliphatic carbocycles. The van der Waals surface area contributed by atoms with E-state index in [1.54, 1.807) is 0 Å². The number of benzene rings is 3. The van der Waals surface area contributed by atoms with Crippen molar-refractivity contribution in [2.24, 2.45) is 5.73 Å². The van der Waals surface area contributed by atoms with E-state index in [1.165, 1.54) is 24.3 Å². The number of ether oxygens (including phenoxy) is 8. The summed E-state index contributed by atoms with van der Waals surface area (Å²) in [5.74, 6) is -2.19. The Kier molecular flexibility index (Phi) is 15.3. The number of hydrogen-bond acceptors (Lipinski definition) is 14. The third-order valence-electron chi connectivity index (χ3n) is 7.22. The molecule has 0 amide bonds. The lowest BCUT2D eigenvalue weighted by molar-refractivity contribution is -0.145. The van der Waals surface area contributed by atoms with Gasteiger partial charge in [-0.2, -0.15) is 0 Å². The molecule has 1 aliphatic rings. The second-order valence-electron chi connectivity index (χ2n) is 10.7. The van der Waals surface area contributed by atoms with Crippen LogP contribution < -0.4 is 10.5 Å². The summed E-state index contributed by atoms with van der Waals surface area (Å²) >= 11 is 0. The molecule has 4 rings (SSSR count). The van der Waals surface area contributed by atoms with E-state index in [0.717, 1.165) is 5.56 Å². The van der Waals surface area contributed by atoms with E-state index in [9.17, 15) is 25.5 Å². The fourth-order valence-corrected chi connectivity index (χ4v) is 4.97. The number of aromatic hydroxyl groups is 5. The van der Waals surface area contributed by atoms with Gasteiger partial charge in [0, 0.05) is 24.2 Å². The lowest BCUT2D eigenvalue weighted by Crippen LogP contribution is -2.38. The summed E-state index contributed by atoms with van der Waals surface area (Å²) < 4.78 is 46.1. The second-order valence-corrected chi connectivity index (χ2v) is 10.7. The lowest BCUT2D eigenvalue weighted by atomic mass is 9.90. The third-order valence-corrected chi connectivity index (χ3v) is 7.22. The van der Waals surface area contributed by atoms with Crippen LogP contribution in [0.2, 0.25) is 0 Å². The quantitative estimate of drug-likeness (QED) is 0.0670. The highest BCUT2D eigenvalue weighted by Gasteiger charge is 2.43. The van der Waals surface area contributed by atoms with Crippen molar-refractivity contribution >= 4 is 0 Å². The Bertz CT molecular complexity index is 1350. The molecule has 7 N–H and O–H groups in total. The number of phenols is 5. The van der Waals surface area contributed by atoms with Gasteiger partial charge in [0.15, 0.2) is 23.4 Å². The predicted octanol–water partition coefficient (Wildman–Crippen LogP) is 3.03. The monoisotopic (exact) mass is 675 g/mol. The molecule has 48 heavy (non-hydrogen) atoms.